The number of nitrogens with one attached hydrogen (secondary N) is 1. The van der Waals surface area contributed by atoms with Gasteiger partial charge in [0.2, 0.25) is 0 Å². The Bertz CT molecular complexity index is 1310. The van der Waals surface area contributed by atoms with E-state index in [0.717, 1.165) is 28.0 Å². The summed E-state index contributed by atoms with van der Waals surface area (Å²) in [6.45, 7) is 0. The number of anilines is 1. The molecule has 0 aliphatic heterocycles. The van der Waals surface area contributed by atoms with Gasteiger partial charge in [-0.15, -0.1) is 0 Å². The van der Waals surface area contributed by atoms with Crippen LogP contribution in [-0.2, 0) is 0 Å². The summed E-state index contributed by atoms with van der Waals surface area (Å²) in [6.07, 6.45) is 6.81. The van der Waals surface area contributed by atoms with E-state index in [0.29, 0.717) is 11.3 Å². The highest BCUT2D eigenvalue weighted by Crippen LogP contribution is 2.25. The van der Waals surface area contributed by atoms with Gasteiger partial charge >= 0.3 is 0 Å². The molecule has 0 atom stereocenters. The van der Waals surface area contributed by atoms with Gasteiger partial charge in [-0.25, -0.2) is 15.0 Å². The second-order valence-electron chi connectivity index (χ2n) is 6.77. The monoisotopic (exact) mass is 391 g/mol. The molecule has 0 radical (unpaired) electrons. The fourth-order valence-electron chi connectivity index (χ4n) is 3.33. The van der Waals surface area contributed by atoms with E-state index in [4.69, 9.17) is 4.98 Å². The van der Waals surface area contributed by atoms with Crippen LogP contribution in [0, 0.1) is 0 Å². The minimum Gasteiger partial charge on any atom is -0.321 e. The highest BCUT2D eigenvalue weighted by Gasteiger charge is 2.14. The summed E-state index contributed by atoms with van der Waals surface area (Å²) in [5, 5.41) is 3.75. The number of hydrogen-bond acceptors (Lipinski definition) is 4. The lowest BCUT2D eigenvalue weighted by Crippen LogP contribution is -2.13. The number of pyridine rings is 2. The molecule has 0 saturated heterocycles. The summed E-state index contributed by atoms with van der Waals surface area (Å²) < 4.78 is 1.80. The lowest BCUT2D eigenvalue weighted by atomic mass is 10.0. The number of carbonyl (C=O) groups excluding carboxylic acids is 1. The molecule has 1 amide bonds. The van der Waals surface area contributed by atoms with Crippen LogP contribution < -0.4 is 5.32 Å². The fourth-order valence-corrected chi connectivity index (χ4v) is 3.33. The van der Waals surface area contributed by atoms with Crippen molar-refractivity contribution in [2.75, 3.05) is 5.32 Å². The van der Waals surface area contributed by atoms with Crippen molar-refractivity contribution in [2.45, 2.75) is 0 Å². The van der Waals surface area contributed by atoms with E-state index in [1.54, 1.807) is 23.3 Å². The molecule has 0 fully saturated rings. The Hall–Kier alpha value is -4.32. The van der Waals surface area contributed by atoms with Gasteiger partial charge in [0.25, 0.3) is 5.91 Å². The Labute approximate surface area is 172 Å². The average Bonchev–Trinajstić information content (AvgIpc) is 3.34. The molecular formula is C24H17N5O. The summed E-state index contributed by atoms with van der Waals surface area (Å²) in [6, 6.07) is 23.0. The van der Waals surface area contributed by atoms with Gasteiger partial charge in [0.05, 0.1) is 28.7 Å². The third-order valence-corrected chi connectivity index (χ3v) is 4.81. The molecule has 0 unspecified atom stereocenters. The molecule has 0 saturated carbocycles. The SMILES string of the molecule is O=C(Nc1ccc(-n2ccnc2)nc1)c1cc(-c2ccccc2)nc2ccccc12. The number of aromatic nitrogens is 4. The molecule has 0 aliphatic carbocycles. The first kappa shape index (κ1) is 17.8. The van der Waals surface area contributed by atoms with E-state index in [2.05, 4.69) is 15.3 Å². The number of imidazole rings is 1. The Morgan fingerprint density at radius 2 is 1.77 bits per heavy atom. The van der Waals surface area contributed by atoms with Crippen LogP contribution in [0.3, 0.4) is 0 Å². The van der Waals surface area contributed by atoms with E-state index < -0.39 is 0 Å². The summed E-state index contributed by atoms with van der Waals surface area (Å²) in [7, 11) is 0. The maximum atomic E-state index is 13.1. The van der Waals surface area contributed by atoms with Gasteiger partial charge in [-0.1, -0.05) is 48.5 Å². The van der Waals surface area contributed by atoms with Crippen molar-refractivity contribution in [3.63, 3.8) is 0 Å². The second-order valence-corrected chi connectivity index (χ2v) is 6.77. The standard InChI is InChI=1S/C24H17N5O/c30-24(27-18-10-11-23(26-15-18)29-13-12-25-16-29)20-14-22(17-6-2-1-3-7-17)28-21-9-5-4-8-19(20)21/h1-16H,(H,27,30). The highest BCUT2D eigenvalue weighted by molar-refractivity contribution is 6.13. The van der Waals surface area contributed by atoms with Crippen LogP contribution in [0.15, 0.2) is 97.7 Å². The average molecular weight is 391 g/mol. The van der Waals surface area contributed by atoms with Gasteiger partial charge < -0.3 is 5.32 Å². The van der Waals surface area contributed by atoms with Crippen LogP contribution in [0.5, 0.6) is 0 Å². The van der Waals surface area contributed by atoms with Crippen LogP contribution in [0.1, 0.15) is 10.4 Å². The summed E-state index contributed by atoms with van der Waals surface area (Å²) in [5.74, 6) is 0.522. The molecule has 30 heavy (non-hydrogen) atoms. The Morgan fingerprint density at radius 1 is 0.933 bits per heavy atom. The third-order valence-electron chi connectivity index (χ3n) is 4.81. The quantitative estimate of drug-likeness (QED) is 0.480. The minimum absolute atomic E-state index is 0.206. The Morgan fingerprint density at radius 3 is 2.53 bits per heavy atom. The number of hydrogen-bond donors (Lipinski definition) is 1. The number of rotatable bonds is 4. The molecule has 0 spiro atoms. The summed E-state index contributed by atoms with van der Waals surface area (Å²) in [4.78, 5) is 26.3. The number of nitrogens with zero attached hydrogens (tertiary/aromatic N) is 4. The molecule has 2 aromatic carbocycles. The van der Waals surface area contributed by atoms with Crippen molar-refractivity contribution in [3.8, 4) is 17.1 Å². The maximum Gasteiger partial charge on any atom is 0.256 e. The van der Waals surface area contributed by atoms with Crippen LogP contribution >= 0.6 is 0 Å². The van der Waals surface area contributed by atoms with E-state index in [-0.39, 0.29) is 5.91 Å². The minimum atomic E-state index is -0.206. The van der Waals surface area contributed by atoms with Gasteiger partial charge in [-0.2, -0.15) is 0 Å². The zero-order chi connectivity index (χ0) is 20.3. The van der Waals surface area contributed by atoms with Crippen molar-refractivity contribution in [1.82, 2.24) is 19.5 Å². The van der Waals surface area contributed by atoms with Gasteiger partial charge in [0.15, 0.2) is 0 Å². The highest BCUT2D eigenvalue weighted by atomic mass is 16.1. The molecule has 3 heterocycles. The summed E-state index contributed by atoms with van der Waals surface area (Å²) >= 11 is 0. The molecular weight excluding hydrogens is 374 g/mol. The second kappa shape index (κ2) is 7.60. The maximum absolute atomic E-state index is 13.1. The van der Waals surface area contributed by atoms with E-state index in [1.807, 2.05) is 79.0 Å². The molecule has 6 heteroatoms. The van der Waals surface area contributed by atoms with Crippen molar-refractivity contribution in [1.29, 1.82) is 0 Å². The van der Waals surface area contributed by atoms with Gasteiger partial charge in [0.1, 0.15) is 12.1 Å². The zero-order valence-electron chi connectivity index (χ0n) is 15.9. The van der Waals surface area contributed by atoms with Gasteiger partial charge in [0, 0.05) is 23.3 Å². The van der Waals surface area contributed by atoms with E-state index in [1.165, 1.54) is 0 Å². The first-order valence-electron chi connectivity index (χ1n) is 9.49. The normalized spacial score (nSPS) is 10.8. The predicted octanol–water partition coefficient (Wildman–Crippen LogP) is 4.73. The van der Waals surface area contributed by atoms with Gasteiger partial charge in [-0.3, -0.25) is 9.36 Å². The molecule has 6 nitrogen and oxygen atoms in total. The number of carbonyl (C=O) groups is 1. The molecule has 0 aliphatic rings. The number of fused-ring (bicyclic) bond motifs is 1. The third kappa shape index (κ3) is 3.42. The number of benzene rings is 2. The Balaban J connectivity index is 1.49. The van der Waals surface area contributed by atoms with Gasteiger partial charge in [-0.05, 0) is 24.3 Å². The van der Waals surface area contributed by atoms with Crippen LogP contribution in [0.2, 0.25) is 0 Å². The number of para-hydroxylation sites is 1. The van der Waals surface area contributed by atoms with Crippen molar-refractivity contribution < 1.29 is 4.79 Å². The predicted molar refractivity (Wildman–Crippen MR) is 116 cm³/mol. The van der Waals surface area contributed by atoms with Crippen molar-refractivity contribution in [2.24, 2.45) is 0 Å². The molecule has 1 N–H and O–H groups in total. The van der Waals surface area contributed by atoms with Crippen molar-refractivity contribution >= 4 is 22.5 Å². The van der Waals surface area contributed by atoms with Crippen LogP contribution in [0.25, 0.3) is 28.0 Å². The first-order chi connectivity index (χ1) is 14.8. The van der Waals surface area contributed by atoms with Crippen LogP contribution in [-0.4, -0.2) is 25.4 Å². The van der Waals surface area contributed by atoms with Crippen LogP contribution in [0.4, 0.5) is 5.69 Å². The molecule has 3 aromatic heterocycles. The lowest BCUT2D eigenvalue weighted by molar-refractivity contribution is 0.102. The molecule has 5 aromatic rings. The largest absolute Gasteiger partial charge is 0.321 e. The molecule has 0 bridgehead atoms. The number of amides is 1. The molecule has 5 rings (SSSR count). The van der Waals surface area contributed by atoms with E-state index in [9.17, 15) is 4.79 Å². The smallest absolute Gasteiger partial charge is 0.256 e. The fraction of sp³-hybridized carbons (Fsp3) is 0. The van der Waals surface area contributed by atoms with E-state index >= 15 is 0 Å². The first-order valence-corrected chi connectivity index (χ1v) is 9.49. The van der Waals surface area contributed by atoms with Crippen molar-refractivity contribution in [3.05, 3.63) is 103 Å². The lowest BCUT2D eigenvalue weighted by Gasteiger charge is -2.11. The molecule has 144 valence electrons. The Kier molecular flexibility index (Phi) is 4.50. The zero-order valence-corrected chi connectivity index (χ0v) is 15.9. The topological polar surface area (TPSA) is 72.7 Å². The summed E-state index contributed by atoms with van der Waals surface area (Å²) in [5.41, 5.74) is 3.68.